The molecule has 0 fully saturated rings. The Kier molecular flexibility index (Phi) is 5.26. The van der Waals surface area contributed by atoms with Gasteiger partial charge in [-0.2, -0.15) is 0 Å². The van der Waals surface area contributed by atoms with Crippen LogP contribution in [0.15, 0.2) is 32.7 Å². The van der Waals surface area contributed by atoms with E-state index in [4.69, 9.17) is 9.51 Å². The van der Waals surface area contributed by atoms with E-state index in [9.17, 15) is 4.79 Å². The highest BCUT2D eigenvalue weighted by Crippen LogP contribution is 2.36. The van der Waals surface area contributed by atoms with E-state index in [1.165, 1.54) is 28.0 Å². The summed E-state index contributed by atoms with van der Waals surface area (Å²) in [5.74, 6) is 1.48. The van der Waals surface area contributed by atoms with Crippen LogP contribution in [0.4, 0.5) is 0 Å². The summed E-state index contributed by atoms with van der Waals surface area (Å²) < 4.78 is 7.13. The summed E-state index contributed by atoms with van der Waals surface area (Å²) in [5.41, 5.74) is 6.48. The zero-order chi connectivity index (χ0) is 21.7. The number of fused-ring (bicyclic) bond motifs is 3. The standard InChI is InChI=1S/C24H25N3O2S2/c1-13-9-10-17(11-14(13)2)27-23(28)21-18-7-5-6-8-20(18)31-22(21)25-24(27)30-12-19-15(3)26-29-16(19)4/h9-11H,5-8,12H2,1-4H3. The van der Waals surface area contributed by atoms with E-state index in [0.29, 0.717) is 5.75 Å². The number of rotatable bonds is 4. The highest BCUT2D eigenvalue weighted by atomic mass is 32.2. The van der Waals surface area contributed by atoms with Crippen LogP contribution in [0, 0.1) is 27.7 Å². The average Bonchev–Trinajstić information content (AvgIpc) is 3.28. The van der Waals surface area contributed by atoms with Gasteiger partial charge in [-0.1, -0.05) is 23.0 Å². The summed E-state index contributed by atoms with van der Waals surface area (Å²) in [7, 11) is 0. The molecule has 0 saturated heterocycles. The van der Waals surface area contributed by atoms with E-state index in [0.717, 1.165) is 57.3 Å². The lowest BCUT2D eigenvalue weighted by Gasteiger charge is -2.14. The first-order chi connectivity index (χ1) is 14.9. The third kappa shape index (κ3) is 3.53. The zero-order valence-corrected chi connectivity index (χ0v) is 19.9. The lowest BCUT2D eigenvalue weighted by molar-refractivity contribution is 0.392. The average molecular weight is 452 g/mol. The predicted octanol–water partition coefficient (Wildman–Crippen LogP) is 5.84. The van der Waals surface area contributed by atoms with E-state index in [2.05, 4.69) is 31.1 Å². The van der Waals surface area contributed by atoms with Gasteiger partial charge in [-0.05, 0) is 82.2 Å². The summed E-state index contributed by atoms with van der Waals surface area (Å²) in [5, 5.41) is 5.61. The molecule has 0 radical (unpaired) electrons. The van der Waals surface area contributed by atoms with Gasteiger partial charge in [0.2, 0.25) is 0 Å². The number of benzene rings is 1. The summed E-state index contributed by atoms with van der Waals surface area (Å²) in [6, 6.07) is 6.19. The van der Waals surface area contributed by atoms with Crippen molar-refractivity contribution in [3.8, 4) is 5.69 Å². The molecule has 0 N–H and O–H groups in total. The number of thioether (sulfide) groups is 1. The monoisotopic (exact) mass is 451 g/mol. The molecule has 160 valence electrons. The Morgan fingerprint density at radius 2 is 1.94 bits per heavy atom. The Labute approximate surface area is 189 Å². The fourth-order valence-corrected chi connectivity index (χ4v) is 6.69. The molecule has 5 nitrogen and oxygen atoms in total. The molecule has 0 aliphatic heterocycles. The molecule has 0 unspecified atom stereocenters. The minimum Gasteiger partial charge on any atom is -0.361 e. The van der Waals surface area contributed by atoms with Gasteiger partial charge in [0.05, 0.1) is 16.8 Å². The second-order valence-corrected chi connectivity index (χ2v) is 10.3. The molecule has 3 aromatic heterocycles. The maximum atomic E-state index is 13.9. The Balaban J connectivity index is 1.70. The Morgan fingerprint density at radius 3 is 2.68 bits per heavy atom. The van der Waals surface area contributed by atoms with Crippen molar-refractivity contribution in [3.63, 3.8) is 0 Å². The predicted molar refractivity (Wildman–Crippen MR) is 127 cm³/mol. The van der Waals surface area contributed by atoms with Gasteiger partial charge in [0, 0.05) is 16.2 Å². The van der Waals surface area contributed by atoms with Gasteiger partial charge in [0.15, 0.2) is 5.16 Å². The quantitative estimate of drug-likeness (QED) is 0.288. The highest BCUT2D eigenvalue weighted by molar-refractivity contribution is 7.98. The number of aromatic nitrogens is 3. The maximum Gasteiger partial charge on any atom is 0.267 e. The second kappa shape index (κ2) is 7.95. The minimum atomic E-state index is 0.0499. The molecule has 0 bridgehead atoms. The topological polar surface area (TPSA) is 60.9 Å². The molecule has 1 aliphatic rings. The lowest BCUT2D eigenvalue weighted by atomic mass is 9.97. The SMILES string of the molecule is Cc1ccc(-n2c(SCc3c(C)noc3C)nc3sc4c(c3c2=O)CCCC4)cc1C. The molecule has 31 heavy (non-hydrogen) atoms. The summed E-state index contributed by atoms with van der Waals surface area (Å²) in [4.78, 5) is 21.1. The van der Waals surface area contributed by atoms with Crippen molar-refractivity contribution in [1.82, 2.24) is 14.7 Å². The molecule has 0 saturated carbocycles. The van der Waals surface area contributed by atoms with Crippen molar-refractivity contribution in [1.29, 1.82) is 0 Å². The first-order valence-corrected chi connectivity index (χ1v) is 12.4. The normalized spacial score (nSPS) is 13.7. The van der Waals surface area contributed by atoms with Gasteiger partial charge in [0.1, 0.15) is 10.6 Å². The van der Waals surface area contributed by atoms with Crippen LogP contribution >= 0.6 is 23.1 Å². The molecule has 3 heterocycles. The van der Waals surface area contributed by atoms with E-state index in [-0.39, 0.29) is 5.56 Å². The van der Waals surface area contributed by atoms with Gasteiger partial charge in [-0.3, -0.25) is 9.36 Å². The van der Waals surface area contributed by atoms with Crippen molar-refractivity contribution in [2.45, 2.75) is 64.3 Å². The third-order valence-corrected chi connectivity index (χ3v) is 8.38. The van der Waals surface area contributed by atoms with Crippen molar-refractivity contribution in [2.24, 2.45) is 0 Å². The summed E-state index contributed by atoms with van der Waals surface area (Å²) >= 11 is 3.27. The zero-order valence-electron chi connectivity index (χ0n) is 18.2. The second-order valence-electron chi connectivity index (χ2n) is 8.29. The van der Waals surface area contributed by atoms with Crippen LogP contribution in [-0.2, 0) is 18.6 Å². The van der Waals surface area contributed by atoms with Crippen LogP contribution in [0.3, 0.4) is 0 Å². The van der Waals surface area contributed by atoms with Crippen molar-refractivity contribution >= 4 is 33.3 Å². The van der Waals surface area contributed by atoms with Crippen LogP contribution in [0.1, 0.15) is 51.4 Å². The number of aryl methyl sites for hydroxylation is 6. The Hall–Kier alpha value is -2.38. The molecule has 0 atom stereocenters. The van der Waals surface area contributed by atoms with Gasteiger partial charge in [0.25, 0.3) is 5.56 Å². The molecule has 5 rings (SSSR count). The van der Waals surface area contributed by atoms with E-state index in [1.807, 2.05) is 19.9 Å². The molecule has 1 aliphatic carbocycles. The number of hydrogen-bond donors (Lipinski definition) is 0. The van der Waals surface area contributed by atoms with Gasteiger partial charge < -0.3 is 4.52 Å². The van der Waals surface area contributed by atoms with Crippen LogP contribution in [0.25, 0.3) is 15.9 Å². The minimum absolute atomic E-state index is 0.0499. The Morgan fingerprint density at radius 1 is 1.13 bits per heavy atom. The van der Waals surface area contributed by atoms with E-state index in [1.54, 1.807) is 27.7 Å². The number of nitrogens with zero attached hydrogens (tertiary/aromatic N) is 3. The van der Waals surface area contributed by atoms with Crippen LogP contribution in [0.2, 0.25) is 0 Å². The van der Waals surface area contributed by atoms with Crippen LogP contribution in [0.5, 0.6) is 0 Å². The fraction of sp³-hybridized carbons (Fsp3) is 0.375. The van der Waals surface area contributed by atoms with E-state index >= 15 is 0 Å². The summed E-state index contributed by atoms with van der Waals surface area (Å²) in [6.45, 7) is 8.05. The largest absolute Gasteiger partial charge is 0.361 e. The molecular formula is C24H25N3O2S2. The van der Waals surface area contributed by atoms with Crippen molar-refractivity contribution in [3.05, 3.63) is 67.1 Å². The number of thiophene rings is 1. The lowest BCUT2D eigenvalue weighted by Crippen LogP contribution is -2.22. The molecule has 4 aromatic rings. The van der Waals surface area contributed by atoms with Gasteiger partial charge >= 0.3 is 0 Å². The Bertz CT molecular complexity index is 1340. The maximum absolute atomic E-state index is 13.9. The van der Waals surface area contributed by atoms with Crippen molar-refractivity contribution < 1.29 is 4.52 Å². The van der Waals surface area contributed by atoms with E-state index < -0.39 is 0 Å². The van der Waals surface area contributed by atoms with Crippen LogP contribution < -0.4 is 5.56 Å². The summed E-state index contributed by atoms with van der Waals surface area (Å²) in [6.07, 6.45) is 4.37. The third-order valence-electron chi connectivity index (χ3n) is 6.23. The molecule has 0 spiro atoms. The molecule has 0 amide bonds. The molecule has 7 heteroatoms. The van der Waals surface area contributed by atoms with Gasteiger partial charge in [-0.15, -0.1) is 11.3 Å². The van der Waals surface area contributed by atoms with Crippen molar-refractivity contribution in [2.75, 3.05) is 0 Å². The van der Waals surface area contributed by atoms with Crippen LogP contribution in [-0.4, -0.2) is 14.7 Å². The molecule has 1 aromatic carbocycles. The first kappa shape index (κ1) is 20.5. The first-order valence-electron chi connectivity index (χ1n) is 10.6. The molecular weight excluding hydrogens is 426 g/mol. The smallest absolute Gasteiger partial charge is 0.267 e. The fourth-order valence-electron chi connectivity index (χ4n) is 4.22. The van der Waals surface area contributed by atoms with Gasteiger partial charge in [-0.25, -0.2) is 4.98 Å². The highest BCUT2D eigenvalue weighted by Gasteiger charge is 2.23. The number of hydrogen-bond acceptors (Lipinski definition) is 6.